The summed E-state index contributed by atoms with van der Waals surface area (Å²) in [4.78, 5) is 14.5. The van der Waals surface area contributed by atoms with Crippen molar-refractivity contribution < 1.29 is 9.21 Å². The van der Waals surface area contributed by atoms with E-state index < -0.39 is 0 Å². The van der Waals surface area contributed by atoms with Crippen molar-refractivity contribution in [2.24, 2.45) is 0 Å². The molecular weight excluding hydrogens is 350 g/mol. The first-order valence-corrected chi connectivity index (χ1v) is 8.80. The molecule has 0 saturated carbocycles. The fourth-order valence-electron chi connectivity index (χ4n) is 2.28. The van der Waals surface area contributed by atoms with Crippen LogP contribution < -0.4 is 0 Å². The lowest BCUT2D eigenvalue weighted by molar-refractivity contribution is -0.122. The van der Waals surface area contributed by atoms with Gasteiger partial charge in [-0.3, -0.25) is 9.69 Å². The predicted octanol–water partition coefficient (Wildman–Crippen LogP) is 5.21. The molecule has 23 heavy (non-hydrogen) atoms. The van der Waals surface area contributed by atoms with Crippen LogP contribution in [0.2, 0.25) is 5.02 Å². The molecule has 1 fully saturated rings. The van der Waals surface area contributed by atoms with Gasteiger partial charge in [-0.1, -0.05) is 54.6 Å². The first kappa shape index (κ1) is 16.3. The minimum atomic E-state index is -0.0578. The number of halogens is 1. The van der Waals surface area contributed by atoms with Gasteiger partial charge in [-0.2, -0.15) is 0 Å². The van der Waals surface area contributed by atoms with E-state index in [1.807, 2.05) is 43.3 Å². The van der Waals surface area contributed by atoms with Crippen LogP contribution in [-0.2, 0) is 4.79 Å². The van der Waals surface area contributed by atoms with E-state index in [-0.39, 0.29) is 5.91 Å². The van der Waals surface area contributed by atoms with Crippen LogP contribution in [0.3, 0.4) is 0 Å². The molecule has 0 spiro atoms. The Labute approximate surface area is 149 Å². The number of carbonyl (C=O) groups is 1. The Morgan fingerprint density at radius 2 is 2.09 bits per heavy atom. The fraction of sp³-hybridized carbons (Fsp3) is 0.176. The quantitative estimate of drug-likeness (QED) is 0.551. The number of hydrogen-bond donors (Lipinski definition) is 0. The maximum atomic E-state index is 12.3. The molecule has 6 heteroatoms. The van der Waals surface area contributed by atoms with Crippen molar-refractivity contribution in [2.75, 3.05) is 6.54 Å². The molecule has 0 unspecified atom stereocenters. The number of carbonyl (C=O) groups excluding carboxylic acids is 1. The molecular formula is C17H14ClNO2S2. The van der Waals surface area contributed by atoms with Gasteiger partial charge in [0.05, 0.1) is 9.93 Å². The lowest BCUT2D eigenvalue weighted by atomic mass is 10.2. The van der Waals surface area contributed by atoms with E-state index in [1.165, 1.54) is 11.8 Å². The van der Waals surface area contributed by atoms with E-state index >= 15 is 0 Å². The van der Waals surface area contributed by atoms with Crippen LogP contribution in [0.1, 0.15) is 19.1 Å². The van der Waals surface area contributed by atoms with Crippen molar-refractivity contribution in [3.05, 3.63) is 52.1 Å². The number of furan rings is 1. The molecule has 1 aromatic carbocycles. The van der Waals surface area contributed by atoms with Gasteiger partial charge >= 0.3 is 0 Å². The summed E-state index contributed by atoms with van der Waals surface area (Å²) in [6.45, 7) is 2.66. The van der Waals surface area contributed by atoms with Crippen molar-refractivity contribution in [1.82, 2.24) is 4.90 Å². The Bertz CT molecular complexity index is 797. The van der Waals surface area contributed by atoms with Crippen LogP contribution in [0, 0.1) is 0 Å². The highest BCUT2D eigenvalue weighted by atomic mass is 35.5. The normalized spacial score (nSPS) is 16.6. The molecule has 1 aliphatic heterocycles. The van der Waals surface area contributed by atoms with Gasteiger partial charge in [-0.25, -0.2) is 0 Å². The lowest BCUT2D eigenvalue weighted by Crippen LogP contribution is -2.28. The number of hydrogen-bond acceptors (Lipinski definition) is 4. The van der Waals surface area contributed by atoms with Gasteiger partial charge in [0.15, 0.2) is 0 Å². The molecule has 3 rings (SSSR count). The first-order chi connectivity index (χ1) is 11.1. The number of thioether (sulfide) groups is 1. The fourth-order valence-corrected chi connectivity index (χ4v) is 3.80. The largest absolute Gasteiger partial charge is 0.457 e. The summed E-state index contributed by atoms with van der Waals surface area (Å²) in [6, 6.07) is 11.2. The third-order valence-corrected chi connectivity index (χ3v) is 5.07. The molecule has 0 bridgehead atoms. The van der Waals surface area contributed by atoms with E-state index in [9.17, 15) is 4.79 Å². The smallest absolute Gasteiger partial charge is 0.266 e. The molecule has 1 aliphatic rings. The highest BCUT2D eigenvalue weighted by Gasteiger charge is 2.31. The SMILES string of the molecule is CCCN1C(=O)/C(=C/c2ccc(-c3ccccc3Cl)o2)SC1=S. The second-order valence-electron chi connectivity index (χ2n) is 5.02. The summed E-state index contributed by atoms with van der Waals surface area (Å²) >= 11 is 12.7. The summed E-state index contributed by atoms with van der Waals surface area (Å²) in [5.74, 6) is 1.22. The number of benzene rings is 1. The standard InChI is InChI=1S/C17H14ClNO2S2/c1-2-9-19-16(20)15(23-17(19)22)10-11-7-8-14(21-11)12-5-3-4-6-13(12)18/h3-8,10H,2,9H2,1H3/b15-10-. The van der Waals surface area contributed by atoms with Crippen molar-refractivity contribution in [3.8, 4) is 11.3 Å². The van der Waals surface area contributed by atoms with Crippen LogP contribution in [0.5, 0.6) is 0 Å². The molecule has 118 valence electrons. The van der Waals surface area contributed by atoms with E-state index in [0.717, 1.165) is 12.0 Å². The second kappa shape index (κ2) is 6.91. The minimum absolute atomic E-state index is 0.0578. The van der Waals surface area contributed by atoms with Crippen LogP contribution >= 0.6 is 35.6 Å². The first-order valence-electron chi connectivity index (χ1n) is 7.20. The van der Waals surface area contributed by atoms with Crippen LogP contribution in [0.4, 0.5) is 0 Å². The molecule has 1 amide bonds. The highest BCUT2D eigenvalue weighted by Crippen LogP contribution is 2.34. The van der Waals surface area contributed by atoms with Gasteiger partial charge < -0.3 is 4.42 Å². The summed E-state index contributed by atoms with van der Waals surface area (Å²) in [7, 11) is 0. The summed E-state index contributed by atoms with van der Waals surface area (Å²) in [5, 5.41) is 0.627. The Morgan fingerprint density at radius 1 is 1.30 bits per heavy atom. The molecule has 2 heterocycles. The van der Waals surface area contributed by atoms with Gasteiger partial charge in [0.1, 0.15) is 15.8 Å². The van der Waals surface area contributed by atoms with Gasteiger partial charge in [0.2, 0.25) is 0 Å². The topological polar surface area (TPSA) is 33.5 Å². The Balaban J connectivity index is 1.86. The summed E-state index contributed by atoms with van der Waals surface area (Å²) in [5.41, 5.74) is 0.826. The molecule has 0 atom stereocenters. The van der Waals surface area contributed by atoms with E-state index in [1.54, 1.807) is 11.0 Å². The number of amides is 1. The van der Waals surface area contributed by atoms with Gasteiger partial charge in [-0.05, 0) is 30.7 Å². The monoisotopic (exact) mass is 363 g/mol. The van der Waals surface area contributed by atoms with E-state index in [0.29, 0.717) is 32.3 Å². The van der Waals surface area contributed by atoms with Crippen molar-refractivity contribution in [1.29, 1.82) is 0 Å². The average molecular weight is 364 g/mol. The van der Waals surface area contributed by atoms with Gasteiger partial charge in [0, 0.05) is 18.2 Å². The summed E-state index contributed by atoms with van der Waals surface area (Å²) < 4.78 is 6.40. The number of rotatable bonds is 4. The van der Waals surface area contributed by atoms with E-state index in [2.05, 4.69) is 0 Å². The lowest BCUT2D eigenvalue weighted by Gasteiger charge is -2.11. The minimum Gasteiger partial charge on any atom is -0.457 e. The zero-order valence-electron chi connectivity index (χ0n) is 12.4. The van der Waals surface area contributed by atoms with Gasteiger partial charge in [0.25, 0.3) is 5.91 Å². The molecule has 0 radical (unpaired) electrons. The Morgan fingerprint density at radius 3 is 2.83 bits per heavy atom. The van der Waals surface area contributed by atoms with Gasteiger partial charge in [-0.15, -0.1) is 0 Å². The predicted molar refractivity (Wildman–Crippen MR) is 99.3 cm³/mol. The Hall–Kier alpha value is -1.56. The van der Waals surface area contributed by atoms with Crippen molar-refractivity contribution in [2.45, 2.75) is 13.3 Å². The molecule has 0 aliphatic carbocycles. The number of thiocarbonyl (C=S) groups is 1. The maximum absolute atomic E-state index is 12.3. The van der Waals surface area contributed by atoms with Crippen molar-refractivity contribution >= 4 is 51.9 Å². The molecule has 0 N–H and O–H groups in total. The van der Waals surface area contributed by atoms with Crippen LogP contribution in [-0.4, -0.2) is 21.7 Å². The molecule has 3 nitrogen and oxygen atoms in total. The Kier molecular flexibility index (Phi) is 4.90. The summed E-state index contributed by atoms with van der Waals surface area (Å²) in [6.07, 6.45) is 2.60. The molecule has 1 aromatic heterocycles. The van der Waals surface area contributed by atoms with Crippen LogP contribution in [0.25, 0.3) is 17.4 Å². The molecule has 1 saturated heterocycles. The van der Waals surface area contributed by atoms with Crippen LogP contribution in [0.15, 0.2) is 45.7 Å². The highest BCUT2D eigenvalue weighted by molar-refractivity contribution is 8.26. The number of nitrogens with zero attached hydrogens (tertiary/aromatic N) is 1. The molecule has 2 aromatic rings. The van der Waals surface area contributed by atoms with Crippen molar-refractivity contribution in [3.63, 3.8) is 0 Å². The zero-order valence-corrected chi connectivity index (χ0v) is 14.8. The van der Waals surface area contributed by atoms with E-state index in [4.69, 9.17) is 28.2 Å². The average Bonchev–Trinajstić information content (AvgIpc) is 3.09. The second-order valence-corrected chi connectivity index (χ2v) is 7.10. The third-order valence-electron chi connectivity index (χ3n) is 3.36. The zero-order chi connectivity index (χ0) is 16.4. The maximum Gasteiger partial charge on any atom is 0.266 e. The third kappa shape index (κ3) is 3.37.